The topological polar surface area (TPSA) is 50.5 Å². The molecule has 90 valence electrons. The van der Waals surface area contributed by atoms with Gasteiger partial charge >= 0.3 is 0 Å². The molecular weight excluding hydrogens is 206 g/mol. The van der Waals surface area contributed by atoms with Crippen molar-refractivity contribution in [1.82, 2.24) is 15.4 Å². The number of nitrogens with one attached hydrogen (secondary N) is 1. The monoisotopic (exact) mass is 225 g/mol. The normalized spacial score (nSPS) is 17.8. The summed E-state index contributed by atoms with van der Waals surface area (Å²) in [6.07, 6.45) is 0. The van der Waals surface area contributed by atoms with E-state index in [0.29, 0.717) is 0 Å². The van der Waals surface area contributed by atoms with Crippen LogP contribution in [0.5, 0.6) is 0 Å². The van der Waals surface area contributed by atoms with Crippen molar-refractivity contribution < 1.29 is 9.26 Å². The van der Waals surface area contributed by atoms with Gasteiger partial charge in [0.25, 0.3) is 0 Å². The van der Waals surface area contributed by atoms with Crippen molar-refractivity contribution in [3.05, 3.63) is 17.5 Å². The van der Waals surface area contributed by atoms with Gasteiger partial charge < -0.3 is 14.6 Å². The summed E-state index contributed by atoms with van der Waals surface area (Å²) in [6, 6.07) is 1.96. The molecule has 0 bridgehead atoms. The molecule has 0 aliphatic carbocycles. The Morgan fingerprint density at radius 3 is 2.94 bits per heavy atom. The van der Waals surface area contributed by atoms with Crippen molar-refractivity contribution in [1.29, 1.82) is 0 Å². The first-order valence-corrected chi connectivity index (χ1v) is 5.77. The molecule has 0 atom stereocenters. The van der Waals surface area contributed by atoms with E-state index in [0.717, 1.165) is 57.4 Å². The van der Waals surface area contributed by atoms with Crippen LogP contribution in [0.25, 0.3) is 0 Å². The molecule has 1 N–H and O–H groups in total. The lowest BCUT2D eigenvalue weighted by molar-refractivity contribution is 0.0384. The summed E-state index contributed by atoms with van der Waals surface area (Å²) in [6.45, 7) is 8.55. The van der Waals surface area contributed by atoms with Crippen LogP contribution in [0, 0.1) is 6.92 Å². The number of ether oxygens (including phenoxy) is 1. The van der Waals surface area contributed by atoms with Crippen molar-refractivity contribution in [3.8, 4) is 0 Å². The zero-order chi connectivity index (χ0) is 11.2. The summed E-state index contributed by atoms with van der Waals surface area (Å²) in [7, 11) is 0. The Morgan fingerprint density at radius 2 is 2.25 bits per heavy atom. The Labute approximate surface area is 95.7 Å². The second-order valence-electron chi connectivity index (χ2n) is 4.06. The van der Waals surface area contributed by atoms with Crippen molar-refractivity contribution in [2.75, 3.05) is 39.4 Å². The van der Waals surface area contributed by atoms with Gasteiger partial charge in [-0.05, 0) is 6.92 Å². The molecule has 1 fully saturated rings. The minimum Gasteiger partial charge on any atom is -0.379 e. The maximum Gasteiger partial charge on any atom is 0.133 e. The van der Waals surface area contributed by atoms with Crippen molar-refractivity contribution in [3.63, 3.8) is 0 Å². The smallest absolute Gasteiger partial charge is 0.133 e. The quantitative estimate of drug-likeness (QED) is 0.735. The minimum absolute atomic E-state index is 0.779. The van der Waals surface area contributed by atoms with E-state index in [9.17, 15) is 0 Å². The number of aryl methyl sites for hydroxylation is 1. The van der Waals surface area contributed by atoms with Crippen LogP contribution in [0.3, 0.4) is 0 Å². The van der Waals surface area contributed by atoms with Gasteiger partial charge in [-0.3, -0.25) is 4.90 Å². The van der Waals surface area contributed by atoms with Crippen molar-refractivity contribution >= 4 is 0 Å². The van der Waals surface area contributed by atoms with Gasteiger partial charge in [-0.2, -0.15) is 0 Å². The highest BCUT2D eigenvalue weighted by molar-refractivity contribution is 5.02. The molecule has 0 radical (unpaired) electrons. The fraction of sp³-hybridized carbons (Fsp3) is 0.727. The largest absolute Gasteiger partial charge is 0.379 e. The summed E-state index contributed by atoms with van der Waals surface area (Å²) in [5.41, 5.74) is 0.972. The number of hydrogen-bond donors (Lipinski definition) is 1. The minimum atomic E-state index is 0.779. The van der Waals surface area contributed by atoms with E-state index in [-0.39, 0.29) is 0 Å². The molecule has 0 amide bonds. The molecule has 5 heteroatoms. The molecule has 0 aromatic carbocycles. The molecule has 1 aromatic rings. The lowest BCUT2D eigenvalue weighted by atomic mass is 10.3. The second kappa shape index (κ2) is 5.98. The number of nitrogens with zero attached hydrogens (tertiary/aromatic N) is 2. The number of morpholine rings is 1. The predicted octanol–water partition coefficient (Wildman–Crippen LogP) is 0.405. The molecule has 2 heterocycles. The number of aromatic nitrogens is 1. The summed E-state index contributed by atoms with van der Waals surface area (Å²) in [5, 5.41) is 7.29. The molecule has 1 aliphatic heterocycles. The predicted molar refractivity (Wildman–Crippen MR) is 60.2 cm³/mol. The van der Waals surface area contributed by atoms with Crippen LogP contribution in [0.4, 0.5) is 0 Å². The molecule has 2 rings (SSSR count). The summed E-state index contributed by atoms with van der Waals surface area (Å²) < 4.78 is 10.3. The van der Waals surface area contributed by atoms with E-state index in [2.05, 4.69) is 15.4 Å². The summed E-state index contributed by atoms with van der Waals surface area (Å²) >= 11 is 0. The molecule has 1 aromatic heterocycles. The van der Waals surface area contributed by atoms with Gasteiger partial charge in [-0.25, -0.2) is 0 Å². The molecule has 0 spiro atoms. The Bertz CT molecular complexity index is 308. The van der Waals surface area contributed by atoms with E-state index >= 15 is 0 Å². The van der Waals surface area contributed by atoms with E-state index in [4.69, 9.17) is 9.26 Å². The number of hydrogen-bond acceptors (Lipinski definition) is 5. The van der Waals surface area contributed by atoms with Crippen molar-refractivity contribution in [2.45, 2.75) is 13.5 Å². The molecule has 16 heavy (non-hydrogen) atoms. The standard InChI is InChI=1S/C11H19N3O2/c1-10-8-11(13-16-10)9-12-2-3-14-4-6-15-7-5-14/h8,12H,2-7,9H2,1H3. The molecule has 0 unspecified atom stereocenters. The average molecular weight is 225 g/mol. The maximum atomic E-state index is 5.29. The lowest BCUT2D eigenvalue weighted by Crippen LogP contribution is -2.40. The third-order valence-electron chi connectivity index (χ3n) is 2.69. The Hall–Kier alpha value is -0.910. The first-order chi connectivity index (χ1) is 7.84. The van der Waals surface area contributed by atoms with Crippen LogP contribution in [-0.4, -0.2) is 49.4 Å². The summed E-state index contributed by atoms with van der Waals surface area (Å²) in [5.74, 6) is 0.866. The van der Waals surface area contributed by atoms with Crippen molar-refractivity contribution in [2.24, 2.45) is 0 Å². The van der Waals surface area contributed by atoms with Gasteiger partial charge in [0.15, 0.2) is 0 Å². The molecule has 0 saturated carbocycles. The molecule has 5 nitrogen and oxygen atoms in total. The highest BCUT2D eigenvalue weighted by atomic mass is 16.5. The molecular formula is C11H19N3O2. The Kier molecular flexibility index (Phi) is 4.33. The highest BCUT2D eigenvalue weighted by Gasteiger charge is 2.09. The van der Waals surface area contributed by atoms with E-state index in [1.54, 1.807) is 0 Å². The first kappa shape index (κ1) is 11.6. The van der Waals surface area contributed by atoms with Crippen LogP contribution in [0.2, 0.25) is 0 Å². The Morgan fingerprint density at radius 1 is 1.44 bits per heavy atom. The van der Waals surface area contributed by atoms with Crippen LogP contribution in [-0.2, 0) is 11.3 Å². The molecule has 1 saturated heterocycles. The highest BCUT2D eigenvalue weighted by Crippen LogP contribution is 2.00. The maximum absolute atomic E-state index is 5.29. The lowest BCUT2D eigenvalue weighted by Gasteiger charge is -2.26. The third-order valence-corrected chi connectivity index (χ3v) is 2.69. The molecule has 1 aliphatic rings. The second-order valence-corrected chi connectivity index (χ2v) is 4.06. The SMILES string of the molecule is Cc1cc(CNCCN2CCOCC2)no1. The van der Waals surface area contributed by atoms with Crippen LogP contribution < -0.4 is 5.32 Å². The average Bonchev–Trinajstić information content (AvgIpc) is 2.72. The van der Waals surface area contributed by atoms with E-state index < -0.39 is 0 Å². The van der Waals surface area contributed by atoms with E-state index in [1.807, 2.05) is 13.0 Å². The zero-order valence-corrected chi connectivity index (χ0v) is 9.74. The van der Waals surface area contributed by atoms with Crippen LogP contribution >= 0.6 is 0 Å². The van der Waals surface area contributed by atoms with Gasteiger partial charge in [-0.15, -0.1) is 0 Å². The van der Waals surface area contributed by atoms with Crippen LogP contribution in [0.15, 0.2) is 10.6 Å². The zero-order valence-electron chi connectivity index (χ0n) is 9.74. The van der Waals surface area contributed by atoms with Crippen LogP contribution in [0.1, 0.15) is 11.5 Å². The van der Waals surface area contributed by atoms with Gasteiger partial charge in [-0.1, -0.05) is 5.16 Å². The summed E-state index contributed by atoms with van der Waals surface area (Å²) in [4.78, 5) is 2.41. The number of rotatable bonds is 5. The van der Waals surface area contributed by atoms with Gasteiger partial charge in [0.2, 0.25) is 0 Å². The fourth-order valence-electron chi connectivity index (χ4n) is 1.78. The fourth-order valence-corrected chi connectivity index (χ4v) is 1.78. The van der Waals surface area contributed by atoms with E-state index in [1.165, 1.54) is 0 Å². The van der Waals surface area contributed by atoms with Gasteiger partial charge in [0, 0.05) is 38.8 Å². The van der Waals surface area contributed by atoms with Gasteiger partial charge in [0.1, 0.15) is 5.76 Å². The van der Waals surface area contributed by atoms with Gasteiger partial charge in [0.05, 0.1) is 18.9 Å². The Balaban J connectivity index is 1.57. The third kappa shape index (κ3) is 3.59. The first-order valence-electron chi connectivity index (χ1n) is 5.77.